The molecule has 0 atom stereocenters. The molecule has 0 spiro atoms. The lowest BCUT2D eigenvalue weighted by Crippen LogP contribution is -2.29. The Hall–Kier alpha value is -3.79. The van der Waals surface area contributed by atoms with Gasteiger partial charge in [0.25, 0.3) is 5.91 Å². The molecule has 10 nitrogen and oxygen atoms in total. The number of nitrogen functional groups attached to an aromatic ring is 1. The number of carbonyl (C=O) groups is 1. The highest BCUT2D eigenvalue weighted by Crippen LogP contribution is 2.30. The van der Waals surface area contributed by atoms with Crippen LogP contribution >= 0.6 is 0 Å². The van der Waals surface area contributed by atoms with Crippen LogP contribution in [0.4, 0.5) is 5.82 Å². The highest BCUT2D eigenvalue weighted by atomic mass is 16.5. The molecule has 1 amide bonds. The molecule has 0 saturated heterocycles. The second-order valence-electron chi connectivity index (χ2n) is 6.29. The van der Waals surface area contributed by atoms with Crippen LogP contribution in [0, 0.1) is 6.92 Å². The molecule has 0 aromatic carbocycles. The molecule has 4 rings (SSSR count). The van der Waals surface area contributed by atoms with Crippen molar-refractivity contribution in [1.29, 1.82) is 0 Å². The van der Waals surface area contributed by atoms with Crippen molar-refractivity contribution >= 4 is 17.4 Å². The maximum absolute atomic E-state index is 12.5. The minimum atomic E-state index is -0.438. The van der Waals surface area contributed by atoms with Crippen LogP contribution in [-0.4, -0.2) is 50.5 Å². The van der Waals surface area contributed by atoms with Crippen molar-refractivity contribution in [3.63, 3.8) is 0 Å². The summed E-state index contributed by atoms with van der Waals surface area (Å²) in [5, 5.41) is 2.71. The number of hydrogen-bond donors (Lipinski definition) is 2. The Kier molecular flexibility index (Phi) is 4.92. The molecular formula is C19H19N7O3. The van der Waals surface area contributed by atoms with Gasteiger partial charge in [0.05, 0.1) is 12.8 Å². The summed E-state index contributed by atoms with van der Waals surface area (Å²) in [6.45, 7) is 2.65. The number of nitrogens with two attached hydrogens (primary N) is 1. The summed E-state index contributed by atoms with van der Waals surface area (Å²) < 4.78 is 12.3. The van der Waals surface area contributed by atoms with E-state index in [-0.39, 0.29) is 17.4 Å². The highest BCUT2D eigenvalue weighted by Gasteiger charge is 2.22. The number of imidazole rings is 1. The van der Waals surface area contributed by atoms with Gasteiger partial charge in [0.1, 0.15) is 17.6 Å². The predicted octanol–water partition coefficient (Wildman–Crippen LogP) is 1.71. The van der Waals surface area contributed by atoms with E-state index in [1.807, 2.05) is 29.7 Å². The zero-order valence-corrected chi connectivity index (χ0v) is 15.9. The molecule has 0 aliphatic heterocycles. The zero-order valence-electron chi connectivity index (χ0n) is 15.9. The van der Waals surface area contributed by atoms with Gasteiger partial charge in [-0.25, -0.2) is 19.9 Å². The summed E-state index contributed by atoms with van der Waals surface area (Å²) in [7, 11) is 1.55. The highest BCUT2D eigenvalue weighted by molar-refractivity contribution is 5.97. The number of ether oxygens (including phenoxy) is 1. The number of fused-ring (bicyclic) bond motifs is 1. The van der Waals surface area contributed by atoms with E-state index in [4.69, 9.17) is 14.9 Å². The first-order valence-electron chi connectivity index (χ1n) is 8.87. The lowest BCUT2D eigenvalue weighted by atomic mass is 10.1. The fraction of sp³-hybridized carbons (Fsp3) is 0.211. The monoisotopic (exact) mass is 393 g/mol. The minimum absolute atomic E-state index is 0.0169. The molecule has 4 heterocycles. The van der Waals surface area contributed by atoms with Crippen LogP contribution in [0.15, 0.2) is 41.4 Å². The summed E-state index contributed by atoms with van der Waals surface area (Å²) in [6, 6.07) is 3.71. The Bertz CT molecular complexity index is 1170. The van der Waals surface area contributed by atoms with Crippen molar-refractivity contribution in [3.8, 4) is 22.8 Å². The lowest BCUT2D eigenvalue weighted by Gasteiger charge is -2.12. The second kappa shape index (κ2) is 7.68. The number of aromatic nitrogens is 5. The smallest absolute Gasteiger partial charge is 0.273 e. The zero-order chi connectivity index (χ0) is 20.4. The third-order valence-electron chi connectivity index (χ3n) is 4.33. The number of oxazole rings is 1. The van der Waals surface area contributed by atoms with Crippen LogP contribution in [-0.2, 0) is 4.74 Å². The van der Waals surface area contributed by atoms with Gasteiger partial charge in [-0.1, -0.05) is 0 Å². The molecule has 0 saturated carbocycles. The van der Waals surface area contributed by atoms with Crippen molar-refractivity contribution in [3.05, 3.63) is 48.4 Å². The van der Waals surface area contributed by atoms with Gasteiger partial charge in [0.2, 0.25) is 5.89 Å². The molecule has 29 heavy (non-hydrogen) atoms. The Labute approximate surface area is 165 Å². The maximum atomic E-state index is 12.5. The number of methoxy groups -OCH3 is 1. The molecule has 0 aliphatic carbocycles. The van der Waals surface area contributed by atoms with E-state index in [1.165, 1.54) is 12.5 Å². The fourth-order valence-electron chi connectivity index (χ4n) is 2.90. The minimum Gasteiger partial charge on any atom is -0.443 e. The van der Waals surface area contributed by atoms with Gasteiger partial charge in [-0.3, -0.25) is 4.79 Å². The first-order chi connectivity index (χ1) is 14.1. The number of amides is 1. The Morgan fingerprint density at radius 3 is 2.90 bits per heavy atom. The van der Waals surface area contributed by atoms with Gasteiger partial charge in [0, 0.05) is 37.3 Å². The predicted molar refractivity (Wildman–Crippen MR) is 105 cm³/mol. The van der Waals surface area contributed by atoms with Crippen LogP contribution < -0.4 is 11.1 Å². The number of pyridine rings is 1. The maximum Gasteiger partial charge on any atom is 0.273 e. The standard InChI is InChI=1S/C19H19N7O3/c1-11-9-23-13-4-3-12(10-26(11)13)14-15(19-22-6-8-29-19)25-17(20)16(24-14)18(27)21-5-7-28-2/h3-4,6,8-10H,5,7H2,1-2H3,(H2,20,25)(H,21,27). The van der Waals surface area contributed by atoms with E-state index >= 15 is 0 Å². The molecule has 10 heteroatoms. The average molecular weight is 393 g/mol. The van der Waals surface area contributed by atoms with Gasteiger partial charge < -0.3 is 24.6 Å². The summed E-state index contributed by atoms with van der Waals surface area (Å²) >= 11 is 0. The van der Waals surface area contributed by atoms with E-state index in [0.717, 1.165) is 11.3 Å². The molecule has 3 N–H and O–H groups in total. The molecule has 4 aromatic rings. The van der Waals surface area contributed by atoms with Gasteiger partial charge >= 0.3 is 0 Å². The molecule has 4 aromatic heterocycles. The topological polar surface area (TPSA) is 133 Å². The molecule has 0 fully saturated rings. The van der Waals surface area contributed by atoms with Crippen molar-refractivity contribution in [2.75, 3.05) is 26.0 Å². The molecule has 0 aliphatic rings. The largest absolute Gasteiger partial charge is 0.443 e. The molecule has 0 unspecified atom stereocenters. The van der Waals surface area contributed by atoms with Crippen molar-refractivity contribution < 1.29 is 13.9 Å². The van der Waals surface area contributed by atoms with E-state index in [1.54, 1.807) is 13.3 Å². The number of nitrogens with zero attached hydrogens (tertiary/aromatic N) is 5. The molecule has 148 valence electrons. The van der Waals surface area contributed by atoms with E-state index in [9.17, 15) is 4.79 Å². The van der Waals surface area contributed by atoms with Crippen LogP contribution in [0.3, 0.4) is 0 Å². The van der Waals surface area contributed by atoms with Crippen molar-refractivity contribution in [2.24, 2.45) is 0 Å². The van der Waals surface area contributed by atoms with Crippen LogP contribution in [0.25, 0.3) is 28.5 Å². The lowest BCUT2D eigenvalue weighted by molar-refractivity contribution is 0.0933. The van der Waals surface area contributed by atoms with Gasteiger partial charge in [-0.15, -0.1) is 0 Å². The fourth-order valence-corrected chi connectivity index (χ4v) is 2.90. The van der Waals surface area contributed by atoms with Gasteiger partial charge in [-0.05, 0) is 19.1 Å². The number of anilines is 1. The third-order valence-corrected chi connectivity index (χ3v) is 4.33. The van der Waals surface area contributed by atoms with Crippen LogP contribution in [0.5, 0.6) is 0 Å². The van der Waals surface area contributed by atoms with Gasteiger partial charge in [0.15, 0.2) is 17.2 Å². The van der Waals surface area contributed by atoms with E-state index < -0.39 is 5.91 Å². The van der Waals surface area contributed by atoms with E-state index in [2.05, 4.69) is 25.3 Å². The number of hydrogen-bond acceptors (Lipinski definition) is 8. The van der Waals surface area contributed by atoms with E-state index in [0.29, 0.717) is 30.1 Å². The third kappa shape index (κ3) is 3.52. The Balaban J connectivity index is 1.85. The summed E-state index contributed by atoms with van der Waals surface area (Å²) in [6.07, 6.45) is 6.59. The SMILES string of the molecule is COCCNC(=O)c1nc(-c2ccc3ncc(C)n3c2)c(-c2ncco2)nc1N. The van der Waals surface area contributed by atoms with Gasteiger partial charge in [-0.2, -0.15) is 0 Å². The number of nitrogens with one attached hydrogen (secondary N) is 1. The normalized spacial score (nSPS) is 11.1. The summed E-state index contributed by atoms with van der Waals surface area (Å²) in [4.78, 5) is 29.9. The van der Waals surface area contributed by atoms with Crippen molar-refractivity contribution in [1.82, 2.24) is 29.7 Å². The van der Waals surface area contributed by atoms with Crippen LogP contribution in [0.2, 0.25) is 0 Å². The Morgan fingerprint density at radius 2 is 2.14 bits per heavy atom. The molecular weight excluding hydrogens is 374 g/mol. The molecule has 0 radical (unpaired) electrons. The average Bonchev–Trinajstić information content (AvgIpc) is 3.38. The first kappa shape index (κ1) is 18.6. The number of aryl methyl sites for hydroxylation is 1. The second-order valence-corrected chi connectivity index (χ2v) is 6.29. The van der Waals surface area contributed by atoms with Crippen molar-refractivity contribution in [2.45, 2.75) is 6.92 Å². The quantitative estimate of drug-likeness (QED) is 0.473. The Morgan fingerprint density at radius 1 is 1.28 bits per heavy atom. The van der Waals surface area contributed by atoms with Crippen LogP contribution in [0.1, 0.15) is 16.2 Å². The summed E-state index contributed by atoms with van der Waals surface area (Å²) in [5.41, 5.74) is 9.29. The molecule has 0 bridgehead atoms. The number of carbonyl (C=O) groups excluding carboxylic acids is 1. The summed E-state index contributed by atoms with van der Waals surface area (Å²) in [5.74, 6) is -0.197. The first-order valence-corrected chi connectivity index (χ1v) is 8.87. The number of rotatable bonds is 6.